The first-order valence-corrected chi connectivity index (χ1v) is 5.70. The van der Waals surface area contributed by atoms with Crippen molar-refractivity contribution in [1.29, 1.82) is 5.26 Å². The molecule has 0 N–H and O–H groups in total. The molecular weight excluding hydrogens is 186 g/mol. The van der Waals surface area contributed by atoms with Gasteiger partial charge >= 0.3 is 5.97 Å². The number of ether oxygens (including phenoxy) is 1. The average molecular weight is 201 g/mol. The number of hydrogen-bond acceptors (Lipinski definition) is 4. The largest absolute Gasteiger partial charge is 0.465 e. The Morgan fingerprint density at radius 2 is 2.38 bits per heavy atom. The second-order valence-corrected chi connectivity index (χ2v) is 3.55. The van der Waals surface area contributed by atoms with Crippen molar-refractivity contribution in [3.05, 3.63) is 0 Å². The summed E-state index contributed by atoms with van der Waals surface area (Å²) < 4.78 is 4.76. The zero-order valence-electron chi connectivity index (χ0n) is 8.08. The normalized spacial score (nSPS) is 11.8. The van der Waals surface area contributed by atoms with E-state index in [1.165, 1.54) is 0 Å². The molecule has 0 bridgehead atoms. The van der Waals surface area contributed by atoms with Crippen LogP contribution in [0, 0.1) is 17.2 Å². The number of thioether (sulfide) groups is 1. The smallest absolute Gasteiger partial charge is 0.323 e. The van der Waals surface area contributed by atoms with Crippen LogP contribution in [-0.4, -0.2) is 24.6 Å². The molecule has 1 unspecified atom stereocenters. The highest BCUT2D eigenvalue weighted by Crippen LogP contribution is 2.10. The van der Waals surface area contributed by atoms with Crippen LogP contribution < -0.4 is 0 Å². The number of nitriles is 1. The second-order valence-electron chi connectivity index (χ2n) is 2.57. The molecule has 0 saturated carbocycles. The Bertz CT molecular complexity index is 189. The number of nitrogens with zero attached hydrogens (tertiary/aromatic N) is 1. The first-order valence-electron chi connectivity index (χ1n) is 4.31. The minimum Gasteiger partial charge on any atom is -0.465 e. The van der Waals surface area contributed by atoms with E-state index in [4.69, 9.17) is 10.00 Å². The van der Waals surface area contributed by atoms with Crippen molar-refractivity contribution in [2.75, 3.05) is 18.6 Å². The van der Waals surface area contributed by atoms with Crippen LogP contribution >= 0.6 is 11.8 Å². The maximum atomic E-state index is 11.1. The van der Waals surface area contributed by atoms with Crippen LogP contribution in [0.5, 0.6) is 0 Å². The van der Waals surface area contributed by atoms with Crippen LogP contribution in [-0.2, 0) is 9.53 Å². The fourth-order valence-electron chi connectivity index (χ4n) is 0.910. The Kier molecular flexibility index (Phi) is 7.51. The summed E-state index contributed by atoms with van der Waals surface area (Å²) in [5.74, 6) is 0.0237. The monoisotopic (exact) mass is 201 g/mol. The lowest BCUT2D eigenvalue weighted by atomic mass is 10.1. The molecule has 74 valence electrons. The second kappa shape index (κ2) is 7.93. The molecule has 0 aliphatic heterocycles. The topological polar surface area (TPSA) is 50.1 Å². The quantitative estimate of drug-likeness (QED) is 0.486. The Morgan fingerprint density at radius 1 is 1.69 bits per heavy atom. The van der Waals surface area contributed by atoms with Gasteiger partial charge in [0.1, 0.15) is 5.92 Å². The molecule has 0 spiro atoms. The van der Waals surface area contributed by atoms with Gasteiger partial charge in [0, 0.05) is 0 Å². The van der Waals surface area contributed by atoms with Crippen molar-refractivity contribution in [2.45, 2.75) is 19.8 Å². The summed E-state index contributed by atoms with van der Waals surface area (Å²) in [4.78, 5) is 11.1. The summed E-state index contributed by atoms with van der Waals surface area (Å²) in [7, 11) is 0. The molecule has 13 heavy (non-hydrogen) atoms. The molecule has 3 nitrogen and oxygen atoms in total. The van der Waals surface area contributed by atoms with E-state index in [2.05, 4.69) is 0 Å². The van der Waals surface area contributed by atoms with Crippen LogP contribution in [0.3, 0.4) is 0 Å². The molecule has 4 heteroatoms. The minimum absolute atomic E-state index is 0.347. The summed E-state index contributed by atoms with van der Waals surface area (Å²) in [5, 5.41) is 8.66. The van der Waals surface area contributed by atoms with Crippen molar-refractivity contribution < 1.29 is 9.53 Å². The molecule has 0 aliphatic rings. The van der Waals surface area contributed by atoms with Crippen molar-refractivity contribution in [1.82, 2.24) is 0 Å². The van der Waals surface area contributed by atoms with E-state index in [0.29, 0.717) is 13.0 Å². The van der Waals surface area contributed by atoms with Crippen molar-refractivity contribution in [3.8, 4) is 6.07 Å². The molecule has 0 rings (SSSR count). The number of esters is 1. The molecule has 0 radical (unpaired) electrons. The van der Waals surface area contributed by atoms with E-state index in [9.17, 15) is 4.79 Å². The summed E-state index contributed by atoms with van der Waals surface area (Å²) >= 11 is 1.72. The van der Waals surface area contributed by atoms with Gasteiger partial charge in [0.25, 0.3) is 0 Å². The fraction of sp³-hybridized carbons (Fsp3) is 0.778. The highest BCUT2D eigenvalue weighted by atomic mass is 32.2. The van der Waals surface area contributed by atoms with Crippen LogP contribution in [0.25, 0.3) is 0 Å². The number of carbonyl (C=O) groups excluding carboxylic acids is 1. The fourth-order valence-corrected chi connectivity index (χ4v) is 1.37. The zero-order valence-corrected chi connectivity index (χ0v) is 8.89. The molecule has 0 fully saturated rings. The Hall–Kier alpha value is -0.690. The molecule has 0 aromatic carbocycles. The molecule has 0 amide bonds. The van der Waals surface area contributed by atoms with Crippen LogP contribution in [0.4, 0.5) is 0 Å². The van der Waals surface area contributed by atoms with Crippen LogP contribution in [0.15, 0.2) is 0 Å². The average Bonchev–Trinajstić information content (AvgIpc) is 2.13. The van der Waals surface area contributed by atoms with E-state index >= 15 is 0 Å². The van der Waals surface area contributed by atoms with Gasteiger partial charge < -0.3 is 4.74 Å². The van der Waals surface area contributed by atoms with Gasteiger partial charge in [0.2, 0.25) is 0 Å². The zero-order chi connectivity index (χ0) is 10.1. The lowest BCUT2D eigenvalue weighted by Gasteiger charge is -2.06. The van der Waals surface area contributed by atoms with Gasteiger partial charge in [-0.15, -0.1) is 0 Å². The van der Waals surface area contributed by atoms with Gasteiger partial charge in [-0.05, 0) is 31.8 Å². The summed E-state index contributed by atoms with van der Waals surface area (Å²) in [6.45, 7) is 2.09. The predicted octanol–water partition coefficient (Wildman–Crippen LogP) is 1.83. The van der Waals surface area contributed by atoms with E-state index in [1.54, 1.807) is 18.7 Å². The standard InChI is InChI=1S/C9H15NO2S/c1-3-12-9(11)8(7-10)5-4-6-13-2/h8H,3-6H2,1-2H3. The summed E-state index contributed by atoms with van der Waals surface area (Å²) in [5.41, 5.74) is 0. The molecule has 0 aromatic rings. The molecule has 1 atom stereocenters. The SMILES string of the molecule is CCOC(=O)C(C#N)CCCSC. The van der Waals surface area contributed by atoms with Crippen molar-refractivity contribution >= 4 is 17.7 Å². The van der Waals surface area contributed by atoms with Gasteiger partial charge in [-0.3, -0.25) is 4.79 Å². The van der Waals surface area contributed by atoms with E-state index in [-0.39, 0.29) is 5.97 Å². The minimum atomic E-state index is -0.577. The van der Waals surface area contributed by atoms with Gasteiger partial charge in [0.15, 0.2) is 0 Å². The summed E-state index contributed by atoms with van der Waals surface area (Å²) in [6, 6.07) is 1.96. The predicted molar refractivity (Wildman–Crippen MR) is 53.4 cm³/mol. The highest BCUT2D eigenvalue weighted by Gasteiger charge is 2.17. The third kappa shape index (κ3) is 5.53. The highest BCUT2D eigenvalue weighted by molar-refractivity contribution is 7.98. The van der Waals surface area contributed by atoms with Crippen LogP contribution in [0.1, 0.15) is 19.8 Å². The van der Waals surface area contributed by atoms with Gasteiger partial charge in [0.05, 0.1) is 12.7 Å². The number of hydrogen-bond donors (Lipinski definition) is 0. The van der Waals surface area contributed by atoms with Gasteiger partial charge in [-0.1, -0.05) is 0 Å². The van der Waals surface area contributed by atoms with E-state index in [1.807, 2.05) is 12.3 Å². The van der Waals surface area contributed by atoms with Crippen molar-refractivity contribution in [3.63, 3.8) is 0 Å². The first kappa shape index (κ1) is 12.3. The number of rotatable bonds is 6. The molecular formula is C9H15NO2S. The Labute approximate surface area is 83.4 Å². The van der Waals surface area contributed by atoms with Gasteiger partial charge in [-0.25, -0.2) is 0 Å². The maximum absolute atomic E-state index is 11.1. The van der Waals surface area contributed by atoms with E-state index < -0.39 is 5.92 Å². The first-order chi connectivity index (χ1) is 6.26. The molecule has 0 heterocycles. The number of carbonyl (C=O) groups is 1. The third-order valence-corrected chi connectivity index (χ3v) is 2.27. The molecule has 0 aromatic heterocycles. The molecule has 0 saturated heterocycles. The Morgan fingerprint density at radius 3 is 2.85 bits per heavy atom. The third-order valence-electron chi connectivity index (χ3n) is 1.57. The van der Waals surface area contributed by atoms with Gasteiger partial charge in [-0.2, -0.15) is 17.0 Å². The van der Waals surface area contributed by atoms with Crippen LogP contribution in [0.2, 0.25) is 0 Å². The summed E-state index contributed by atoms with van der Waals surface area (Å²) in [6.07, 6.45) is 3.50. The molecule has 0 aliphatic carbocycles. The maximum Gasteiger partial charge on any atom is 0.323 e. The van der Waals surface area contributed by atoms with Crippen molar-refractivity contribution in [2.24, 2.45) is 5.92 Å². The Balaban J connectivity index is 3.76. The lowest BCUT2D eigenvalue weighted by Crippen LogP contribution is -2.16. The lowest BCUT2D eigenvalue weighted by molar-refractivity contribution is -0.146. The van der Waals surface area contributed by atoms with E-state index in [0.717, 1.165) is 12.2 Å².